The molecule has 0 saturated heterocycles. The molecular weight excluding hydrogens is 300 g/mol. The molecule has 1 aliphatic rings. The maximum atomic E-state index is 12.1. The molecule has 0 amide bonds. The number of aromatic nitrogens is 2. The molecule has 0 aromatic carbocycles. The first-order valence-corrected chi connectivity index (χ1v) is 8.64. The van der Waals surface area contributed by atoms with Gasteiger partial charge in [0, 0.05) is 18.5 Å². The molecule has 1 heterocycles. The van der Waals surface area contributed by atoms with Crippen LogP contribution < -0.4 is 5.56 Å². The second-order valence-electron chi connectivity index (χ2n) is 6.13. The van der Waals surface area contributed by atoms with Crippen LogP contribution in [0.3, 0.4) is 0 Å². The summed E-state index contributed by atoms with van der Waals surface area (Å²) in [6.45, 7) is 5.11. The van der Waals surface area contributed by atoms with Crippen LogP contribution >= 0.6 is 11.6 Å². The van der Waals surface area contributed by atoms with E-state index in [-0.39, 0.29) is 28.9 Å². The van der Waals surface area contributed by atoms with Crippen LogP contribution in [0.1, 0.15) is 45.4 Å². The maximum absolute atomic E-state index is 12.1. The second-order valence-corrected chi connectivity index (χ2v) is 9.38. The Labute approximate surface area is 123 Å². The molecule has 7 heteroatoms. The number of hydrogen-bond donors (Lipinski definition) is 0. The molecule has 0 unspecified atom stereocenters. The Morgan fingerprint density at radius 2 is 2.00 bits per heavy atom. The summed E-state index contributed by atoms with van der Waals surface area (Å²) in [5, 5.41) is 0.173. The van der Waals surface area contributed by atoms with Crippen LogP contribution in [0.5, 0.6) is 0 Å². The Morgan fingerprint density at radius 3 is 2.50 bits per heavy atom. The van der Waals surface area contributed by atoms with Gasteiger partial charge in [-0.15, -0.1) is 0 Å². The average Bonchev–Trinajstić information content (AvgIpc) is 3.08. The normalized spacial score (nSPS) is 16.4. The summed E-state index contributed by atoms with van der Waals surface area (Å²) in [5.74, 6) is 0.782. The van der Waals surface area contributed by atoms with Gasteiger partial charge in [-0.1, -0.05) is 11.6 Å². The van der Waals surface area contributed by atoms with Crippen molar-refractivity contribution in [3.05, 3.63) is 27.4 Å². The van der Waals surface area contributed by atoms with Crippen molar-refractivity contribution < 1.29 is 8.42 Å². The van der Waals surface area contributed by atoms with Crippen LogP contribution in [0.15, 0.2) is 10.9 Å². The van der Waals surface area contributed by atoms with Crippen molar-refractivity contribution in [3.8, 4) is 0 Å². The zero-order chi connectivity index (χ0) is 15.1. The molecular formula is C13H19ClN2O3S. The van der Waals surface area contributed by atoms with E-state index in [4.69, 9.17) is 11.6 Å². The molecule has 1 aliphatic carbocycles. The molecule has 0 aliphatic heterocycles. The fraction of sp³-hybridized carbons (Fsp3) is 0.692. The average molecular weight is 319 g/mol. The van der Waals surface area contributed by atoms with Crippen LogP contribution in [-0.2, 0) is 16.4 Å². The van der Waals surface area contributed by atoms with Gasteiger partial charge in [-0.05, 0) is 33.6 Å². The Hall–Kier alpha value is -0.880. The van der Waals surface area contributed by atoms with Crippen molar-refractivity contribution in [2.75, 3.05) is 5.75 Å². The smallest absolute Gasteiger partial charge is 0.255 e. The highest BCUT2D eigenvalue weighted by atomic mass is 35.5. The van der Waals surface area contributed by atoms with Crippen LogP contribution in [0.25, 0.3) is 0 Å². The molecule has 0 N–H and O–H groups in total. The lowest BCUT2D eigenvalue weighted by Gasteiger charge is -2.20. The molecule has 1 saturated carbocycles. The van der Waals surface area contributed by atoms with E-state index in [1.54, 1.807) is 20.8 Å². The quantitative estimate of drug-likeness (QED) is 0.796. The molecule has 5 nitrogen and oxygen atoms in total. The van der Waals surface area contributed by atoms with E-state index >= 15 is 0 Å². The highest BCUT2D eigenvalue weighted by Gasteiger charge is 2.31. The Bertz CT molecular complexity index is 670. The lowest BCUT2D eigenvalue weighted by Crippen LogP contribution is -2.34. The van der Waals surface area contributed by atoms with Gasteiger partial charge < -0.3 is 0 Å². The van der Waals surface area contributed by atoms with Crippen molar-refractivity contribution in [2.45, 2.75) is 50.8 Å². The zero-order valence-corrected chi connectivity index (χ0v) is 13.5. The van der Waals surface area contributed by atoms with Gasteiger partial charge >= 0.3 is 0 Å². The third-order valence-corrected chi connectivity index (χ3v) is 6.25. The van der Waals surface area contributed by atoms with Gasteiger partial charge in [0.1, 0.15) is 11.0 Å². The van der Waals surface area contributed by atoms with E-state index in [1.165, 1.54) is 10.6 Å². The number of nitrogens with zero attached hydrogens (tertiary/aromatic N) is 2. The molecule has 0 spiro atoms. The third-order valence-electron chi connectivity index (χ3n) is 3.47. The van der Waals surface area contributed by atoms with Crippen molar-refractivity contribution in [1.82, 2.24) is 9.55 Å². The second kappa shape index (κ2) is 5.15. The summed E-state index contributed by atoms with van der Waals surface area (Å²) >= 11 is 5.81. The minimum Gasteiger partial charge on any atom is -0.295 e. The predicted octanol–water partition coefficient (Wildman–Crippen LogP) is 1.99. The van der Waals surface area contributed by atoms with Gasteiger partial charge in [0.2, 0.25) is 0 Å². The maximum Gasteiger partial charge on any atom is 0.255 e. The van der Waals surface area contributed by atoms with Gasteiger partial charge in [-0.2, -0.15) is 0 Å². The fourth-order valence-electron chi connectivity index (χ4n) is 1.89. The van der Waals surface area contributed by atoms with E-state index in [0.717, 1.165) is 12.8 Å². The number of sulfone groups is 1. The molecule has 1 aromatic rings. The lowest BCUT2D eigenvalue weighted by molar-refractivity contribution is 0.548. The van der Waals surface area contributed by atoms with E-state index in [2.05, 4.69) is 4.98 Å². The summed E-state index contributed by atoms with van der Waals surface area (Å²) in [7, 11) is -3.27. The molecule has 0 atom stereocenters. The van der Waals surface area contributed by atoms with E-state index in [9.17, 15) is 13.2 Å². The van der Waals surface area contributed by atoms with Gasteiger partial charge in [0.15, 0.2) is 9.84 Å². The van der Waals surface area contributed by atoms with Crippen molar-refractivity contribution in [1.29, 1.82) is 0 Å². The number of halogens is 1. The van der Waals surface area contributed by atoms with Gasteiger partial charge in [-0.25, -0.2) is 13.4 Å². The van der Waals surface area contributed by atoms with Crippen molar-refractivity contribution >= 4 is 21.4 Å². The minimum absolute atomic E-state index is 0.0700. The molecule has 0 radical (unpaired) electrons. The summed E-state index contributed by atoms with van der Waals surface area (Å²) < 4.78 is 24.9. The van der Waals surface area contributed by atoms with E-state index in [1.807, 2.05) is 0 Å². The Kier molecular flexibility index (Phi) is 3.99. The molecule has 0 bridgehead atoms. The predicted molar refractivity (Wildman–Crippen MR) is 79.0 cm³/mol. The van der Waals surface area contributed by atoms with Gasteiger partial charge in [0.05, 0.1) is 10.5 Å². The van der Waals surface area contributed by atoms with Crippen molar-refractivity contribution in [2.24, 2.45) is 0 Å². The Balaban J connectivity index is 2.29. The first-order valence-electron chi connectivity index (χ1n) is 6.61. The van der Waals surface area contributed by atoms with Crippen molar-refractivity contribution in [3.63, 3.8) is 0 Å². The monoisotopic (exact) mass is 318 g/mol. The van der Waals surface area contributed by atoms with Crippen LogP contribution in [0, 0.1) is 0 Å². The standard InChI is InChI=1S/C13H19ClN2O3S/c1-13(2,3)20(18,19)7-6-16-11(17)8-10(14)15-12(16)9-4-5-9/h8-9H,4-7H2,1-3H3. The molecule has 2 rings (SSSR count). The molecule has 20 heavy (non-hydrogen) atoms. The number of rotatable bonds is 4. The highest BCUT2D eigenvalue weighted by Crippen LogP contribution is 2.38. The summed E-state index contributed by atoms with van der Waals surface area (Å²) in [6.07, 6.45) is 1.94. The van der Waals surface area contributed by atoms with Gasteiger partial charge in [-0.3, -0.25) is 9.36 Å². The third kappa shape index (κ3) is 3.23. The number of hydrogen-bond acceptors (Lipinski definition) is 4. The van der Waals surface area contributed by atoms with Crippen LogP contribution in [-0.4, -0.2) is 28.5 Å². The summed E-state index contributed by atoms with van der Waals surface area (Å²) in [4.78, 5) is 16.2. The topological polar surface area (TPSA) is 69.0 Å². The first kappa shape index (κ1) is 15.5. The molecule has 1 fully saturated rings. The zero-order valence-electron chi connectivity index (χ0n) is 11.9. The first-order chi connectivity index (χ1) is 9.12. The lowest BCUT2D eigenvalue weighted by atomic mass is 10.3. The molecule has 112 valence electrons. The van der Waals surface area contributed by atoms with Crippen LogP contribution in [0.2, 0.25) is 5.15 Å². The van der Waals surface area contributed by atoms with E-state index < -0.39 is 14.6 Å². The molecule has 1 aromatic heterocycles. The summed E-state index contributed by atoms with van der Waals surface area (Å²) in [5.41, 5.74) is -0.281. The summed E-state index contributed by atoms with van der Waals surface area (Å²) in [6, 6.07) is 1.23. The Morgan fingerprint density at radius 1 is 1.40 bits per heavy atom. The fourth-order valence-corrected chi connectivity index (χ4v) is 3.11. The highest BCUT2D eigenvalue weighted by molar-refractivity contribution is 7.92. The minimum atomic E-state index is -3.27. The SMILES string of the molecule is CC(C)(C)S(=O)(=O)CCn1c(C2CC2)nc(Cl)cc1=O. The van der Waals surface area contributed by atoms with Crippen LogP contribution in [0.4, 0.5) is 0 Å². The largest absolute Gasteiger partial charge is 0.295 e. The van der Waals surface area contributed by atoms with E-state index in [0.29, 0.717) is 5.82 Å². The van der Waals surface area contributed by atoms with Gasteiger partial charge in [0.25, 0.3) is 5.56 Å².